The van der Waals surface area contributed by atoms with Crippen LogP contribution in [0.5, 0.6) is 0 Å². The summed E-state index contributed by atoms with van der Waals surface area (Å²) in [4.78, 5) is 69.1. The molecule has 2 heterocycles. The van der Waals surface area contributed by atoms with Crippen molar-refractivity contribution >= 4 is 38.6 Å². The van der Waals surface area contributed by atoms with Gasteiger partial charge in [-0.25, -0.2) is 14.3 Å². The third-order valence-corrected chi connectivity index (χ3v) is 10.3. The molecule has 1 aromatic heterocycles. The van der Waals surface area contributed by atoms with Gasteiger partial charge in [0.1, 0.15) is 18.4 Å². The first kappa shape index (κ1) is 57.6. The summed E-state index contributed by atoms with van der Waals surface area (Å²) in [6.07, 6.45) is -2.16. The van der Waals surface area contributed by atoms with Crippen LogP contribution in [0.15, 0.2) is 48.9 Å². The molecular formula is C49H52BN4O15P. The van der Waals surface area contributed by atoms with E-state index in [9.17, 15) is 44.0 Å². The zero-order valence-corrected chi connectivity index (χ0v) is 39.7. The van der Waals surface area contributed by atoms with E-state index in [1.165, 1.54) is 18.6 Å². The number of hydrogen-bond acceptors (Lipinski definition) is 17. The van der Waals surface area contributed by atoms with Crippen molar-refractivity contribution < 1.29 is 71.8 Å². The van der Waals surface area contributed by atoms with Crippen LogP contribution in [0.4, 0.5) is 0 Å². The monoisotopic (exact) mass is 978 g/mol. The number of carbonyl (C=O) groups excluding carboxylic acids is 4. The molecule has 8 atom stereocenters. The van der Waals surface area contributed by atoms with Crippen LogP contribution in [-0.2, 0) is 53.2 Å². The number of phosphoric acid groups is 1. The van der Waals surface area contributed by atoms with Gasteiger partial charge in [0.15, 0.2) is 11.9 Å². The highest BCUT2D eigenvalue weighted by atomic mass is 31.2. The van der Waals surface area contributed by atoms with Crippen LogP contribution in [0.3, 0.4) is 0 Å². The predicted octanol–water partition coefficient (Wildman–Crippen LogP) is 0.421. The topological polar surface area (TPSA) is 271 Å². The number of nitrogens with zero attached hydrogens (tertiary/aromatic N) is 2. The molecule has 366 valence electrons. The number of carbonyl (C=O) groups is 4. The van der Waals surface area contributed by atoms with Crippen molar-refractivity contribution in [2.24, 2.45) is 5.92 Å². The Morgan fingerprint density at radius 1 is 0.871 bits per heavy atom. The van der Waals surface area contributed by atoms with Gasteiger partial charge in [-0.15, -0.1) is 0 Å². The van der Waals surface area contributed by atoms with Gasteiger partial charge in [0.25, 0.3) is 5.91 Å². The Hall–Kier alpha value is -6.77. The first-order chi connectivity index (χ1) is 33.6. The Morgan fingerprint density at radius 3 is 2.09 bits per heavy atom. The molecule has 21 heteroatoms. The molecule has 1 aromatic carbocycles. The average molecular weight is 979 g/mol. The van der Waals surface area contributed by atoms with Gasteiger partial charge in [-0.2, -0.15) is 0 Å². The minimum Gasteiger partial charge on any atom is -0.462 e. The number of ketones is 1. The van der Waals surface area contributed by atoms with Gasteiger partial charge in [-0.3, -0.25) is 28.4 Å². The minimum absolute atomic E-state index is 0.0264. The molecule has 0 bridgehead atoms. The van der Waals surface area contributed by atoms with Crippen molar-refractivity contribution in [1.29, 1.82) is 0 Å². The molecule has 0 spiro atoms. The Bertz CT molecular complexity index is 2580. The predicted molar refractivity (Wildman–Crippen MR) is 252 cm³/mol. The van der Waals surface area contributed by atoms with Gasteiger partial charge < -0.3 is 49.6 Å². The van der Waals surface area contributed by atoms with Gasteiger partial charge in [0.05, 0.1) is 50.4 Å². The van der Waals surface area contributed by atoms with E-state index in [0.29, 0.717) is 6.42 Å². The van der Waals surface area contributed by atoms with E-state index in [4.69, 9.17) is 27.8 Å². The number of rotatable bonds is 25. The standard InChI is InChI=1S/C49H52BN4O15P/c1-5-6-7-8-9-10-11-12-13-14-15-16-20-23-46(60)67-40(34-64-37(4)56)35-66-70(62,63)65-27-26-52-32-44(58)47-48(45(59)33-55)69-50(68-47)39(28-36(2)3)30-43(57)41(29-38-21-18-17-19-22-38)54-49(61)42-31-51-24-25-53-42/h17-19,21-22,24-25,31,36,39-41,44-45,47-48,52,55,58-59H,26-30,32-35H2,1-4H3,(H,54,61)(H,62,63)/t39-,40?,41+,44?,45?,47-,48-/m1/s1. The second kappa shape index (κ2) is 32.1. The highest BCUT2D eigenvalue weighted by molar-refractivity contribution is 7.47. The lowest BCUT2D eigenvalue weighted by Crippen LogP contribution is -2.47. The van der Waals surface area contributed by atoms with E-state index in [0.717, 1.165) is 12.5 Å². The number of esters is 2. The lowest BCUT2D eigenvalue weighted by Gasteiger charge is -2.26. The zero-order valence-electron chi connectivity index (χ0n) is 38.8. The average Bonchev–Trinajstić information content (AvgIpc) is 3.79. The number of nitrogens with one attached hydrogen (secondary N) is 2. The van der Waals surface area contributed by atoms with Crippen LogP contribution in [0.1, 0.15) is 56.6 Å². The van der Waals surface area contributed by atoms with Gasteiger partial charge in [0, 0.05) is 50.6 Å². The third-order valence-electron chi connectivity index (χ3n) is 9.28. The van der Waals surface area contributed by atoms with Crippen molar-refractivity contribution in [1.82, 2.24) is 20.6 Å². The number of aromatic nitrogens is 2. The zero-order chi connectivity index (χ0) is 51.2. The van der Waals surface area contributed by atoms with E-state index in [1.807, 2.05) is 44.2 Å². The summed E-state index contributed by atoms with van der Waals surface area (Å²) in [5.41, 5.74) is 0.822. The summed E-state index contributed by atoms with van der Waals surface area (Å²) in [5, 5.41) is 37.5. The summed E-state index contributed by atoms with van der Waals surface area (Å²) in [7, 11) is -5.91. The maximum Gasteiger partial charge on any atom is 0.472 e. The Labute approximate surface area is 407 Å². The number of aliphatic hydroxyl groups is 3. The highest BCUT2D eigenvalue weighted by Gasteiger charge is 2.50. The molecule has 2 aromatic rings. The van der Waals surface area contributed by atoms with Crippen molar-refractivity contribution in [2.75, 3.05) is 39.5 Å². The lowest BCUT2D eigenvalue weighted by atomic mass is 9.65. The SMILES string of the molecule is CC#CC#CC#CC#CC#CC#CC#CC(=O)OC(COC(C)=O)COP(=O)(O)OCCNCC(O)[C@H]1OB([C@@H](CC(=O)[C@H](Cc2ccccc2)NC(=O)c2cnccn2)CC(C)C)O[C@@H]1C(O)CO. The molecule has 3 rings (SSSR count). The molecule has 0 radical (unpaired) electrons. The van der Waals surface area contributed by atoms with Crippen LogP contribution in [0.25, 0.3) is 0 Å². The van der Waals surface area contributed by atoms with Crippen LogP contribution >= 0.6 is 7.82 Å². The smallest absolute Gasteiger partial charge is 0.462 e. The molecule has 1 aliphatic heterocycles. The number of aliphatic hydroxyl groups excluding tert-OH is 3. The second-order valence-corrected chi connectivity index (χ2v) is 16.7. The normalized spacial score (nSPS) is 16.3. The maximum absolute atomic E-state index is 14.1. The van der Waals surface area contributed by atoms with E-state index in [2.05, 4.69) is 103 Å². The molecule has 1 saturated heterocycles. The van der Waals surface area contributed by atoms with Crippen LogP contribution in [-0.4, -0.2) is 137 Å². The highest BCUT2D eigenvalue weighted by Crippen LogP contribution is 2.43. The van der Waals surface area contributed by atoms with Crippen molar-refractivity contribution in [3.63, 3.8) is 0 Å². The molecule has 0 saturated carbocycles. The lowest BCUT2D eigenvalue weighted by molar-refractivity contribution is -0.155. The van der Waals surface area contributed by atoms with Gasteiger partial charge in [-0.1, -0.05) is 50.1 Å². The van der Waals surface area contributed by atoms with Crippen LogP contribution < -0.4 is 10.6 Å². The Kier molecular flexibility index (Phi) is 26.4. The Morgan fingerprint density at radius 2 is 1.50 bits per heavy atom. The van der Waals surface area contributed by atoms with E-state index < -0.39 is 102 Å². The summed E-state index contributed by atoms with van der Waals surface area (Å²) in [6.45, 7) is 3.79. The first-order valence-electron chi connectivity index (χ1n) is 21.6. The summed E-state index contributed by atoms with van der Waals surface area (Å²) in [6, 6.07) is 8.14. The van der Waals surface area contributed by atoms with Crippen molar-refractivity contribution in [3.8, 4) is 82.9 Å². The van der Waals surface area contributed by atoms with Gasteiger partial charge in [-0.05, 0) is 102 Å². The van der Waals surface area contributed by atoms with Gasteiger partial charge >= 0.3 is 26.9 Å². The third kappa shape index (κ3) is 23.0. The maximum atomic E-state index is 14.1. The summed E-state index contributed by atoms with van der Waals surface area (Å²) in [5.74, 6) is 30.2. The molecular weight excluding hydrogens is 926 g/mol. The van der Waals surface area contributed by atoms with Crippen molar-refractivity contribution in [2.45, 2.75) is 89.3 Å². The summed E-state index contributed by atoms with van der Waals surface area (Å²) < 4.78 is 44.9. The molecule has 1 fully saturated rings. The Balaban J connectivity index is 1.57. The van der Waals surface area contributed by atoms with Gasteiger partial charge in [0.2, 0.25) is 0 Å². The number of hydrogen-bond donors (Lipinski definition) is 6. The number of benzene rings is 1. The number of ether oxygens (including phenoxy) is 2. The summed E-state index contributed by atoms with van der Waals surface area (Å²) >= 11 is 0. The molecule has 4 unspecified atom stereocenters. The minimum atomic E-state index is -4.80. The fraction of sp³-hybridized carbons (Fsp3) is 0.429. The van der Waals surface area contributed by atoms with E-state index in [-0.39, 0.29) is 43.3 Å². The second-order valence-electron chi connectivity index (χ2n) is 15.3. The molecule has 70 heavy (non-hydrogen) atoms. The molecule has 1 amide bonds. The molecule has 6 N–H and O–H groups in total. The number of Topliss-reactive ketones (excluding diaryl/α,β-unsaturated/α-hetero) is 1. The molecule has 19 nitrogen and oxygen atoms in total. The largest absolute Gasteiger partial charge is 0.472 e. The fourth-order valence-corrected chi connectivity index (χ4v) is 7.01. The van der Waals surface area contributed by atoms with E-state index in [1.54, 1.807) is 6.92 Å². The number of amides is 1. The molecule has 1 aliphatic rings. The quantitative estimate of drug-likeness (QED) is 0.0197. The van der Waals surface area contributed by atoms with Crippen LogP contribution in [0.2, 0.25) is 5.82 Å². The van der Waals surface area contributed by atoms with Crippen LogP contribution in [0, 0.1) is 88.8 Å². The number of phosphoric ester groups is 1. The fourth-order valence-electron chi connectivity index (χ4n) is 6.26. The molecule has 0 aliphatic carbocycles. The first-order valence-corrected chi connectivity index (χ1v) is 23.1. The van der Waals surface area contributed by atoms with E-state index >= 15 is 0 Å². The van der Waals surface area contributed by atoms with Crippen molar-refractivity contribution in [3.05, 3.63) is 60.2 Å².